The Hall–Kier alpha value is -2.36. The van der Waals surface area contributed by atoms with Gasteiger partial charge in [0, 0.05) is 0 Å². The van der Waals surface area contributed by atoms with Gasteiger partial charge in [-0.15, -0.1) is 15.0 Å². The molecule has 0 amide bonds. The summed E-state index contributed by atoms with van der Waals surface area (Å²) >= 11 is 0. The first-order valence-electron chi connectivity index (χ1n) is 10.4. The maximum atomic E-state index is 10.3. The maximum Gasteiger partial charge on any atom is 0.143 e. The highest BCUT2D eigenvalue weighted by atomic mass is 16.3. The van der Waals surface area contributed by atoms with Gasteiger partial charge in [0.25, 0.3) is 0 Å². The van der Waals surface area contributed by atoms with E-state index in [9.17, 15) is 5.11 Å². The molecule has 4 nitrogen and oxygen atoms in total. The first-order valence-corrected chi connectivity index (χ1v) is 10.4. The summed E-state index contributed by atoms with van der Waals surface area (Å²) < 4.78 is 0. The third kappa shape index (κ3) is 5.09. The summed E-state index contributed by atoms with van der Waals surface area (Å²) in [5.41, 5.74) is 4.85. The van der Waals surface area contributed by atoms with Gasteiger partial charge < -0.3 is 5.11 Å². The van der Waals surface area contributed by atoms with Crippen LogP contribution >= 0.6 is 0 Å². The van der Waals surface area contributed by atoms with Gasteiger partial charge in [0.2, 0.25) is 0 Å². The average molecular weight is 366 g/mol. The summed E-state index contributed by atoms with van der Waals surface area (Å²) in [5.74, 6) is 0.217. The van der Waals surface area contributed by atoms with Gasteiger partial charge in [0.1, 0.15) is 22.5 Å². The fourth-order valence-corrected chi connectivity index (χ4v) is 3.46. The van der Waals surface area contributed by atoms with Crippen molar-refractivity contribution in [3.8, 4) is 11.4 Å². The molecular formula is C23H31N3O. The number of aromatic hydroxyl groups is 1. The molecule has 1 heterocycles. The zero-order chi connectivity index (χ0) is 19.1. The average Bonchev–Trinajstić information content (AvgIpc) is 3.11. The van der Waals surface area contributed by atoms with Crippen molar-refractivity contribution in [3.05, 3.63) is 47.5 Å². The summed E-state index contributed by atoms with van der Waals surface area (Å²) in [4.78, 5) is 1.56. The van der Waals surface area contributed by atoms with Crippen molar-refractivity contribution < 1.29 is 5.11 Å². The van der Waals surface area contributed by atoms with Crippen LogP contribution in [0.15, 0.2) is 36.4 Å². The number of unbranched alkanes of at least 4 members (excludes halogenated alkanes) is 6. The van der Waals surface area contributed by atoms with Crippen LogP contribution in [-0.2, 0) is 12.8 Å². The van der Waals surface area contributed by atoms with Gasteiger partial charge in [-0.3, -0.25) is 0 Å². The molecule has 144 valence electrons. The fraction of sp³-hybridized carbons (Fsp3) is 0.478. The van der Waals surface area contributed by atoms with E-state index in [0.29, 0.717) is 5.69 Å². The molecule has 0 unspecified atom stereocenters. The van der Waals surface area contributed by atoms with Gasteiger partial charge >= 0.3 is 0 Å². The zero-order valence-electron chi connectivity index (χ0n) is 16.6. The highest BCUT2D eigenvalue weighted by molar-refractivity contribution is 5.74. The lowest BCUT2D eigenvalue weighted by atomic mass is 10.0. The van der Waals surface area contributed by atoms with Gasteiger partial charge in [-0.2, -0.15) is 0 Å². The SMILES string of the molecule is CCCCCCCCCc1ccc(O)c(-n2nc3ccc(CC)cc3n2)c1. The van der Waals surface area contributed by atoms with Crippen molar-refractivity contribution in [2.24, 2.45) is 0 Å². The quantitative estimate of drug-likeness (QED) is 0.450. The number of aromatic nitrogens is 3. The van der Waals surface area contributed by atoms with Crippen LogP contribution in [0.3, 0.4) is 0 Å². The van der Waals surface area contributed by atoms with Crippen molar-refractivity contribution in [2.45, 2.75) is 71.6 Å². The third-order valence-electron chi connectivity index (χ3n) is 5.18. The molecule has 0 aliphatic carbocycles. The van der Waals surface area contributed by atoms with Crippen molar-refractivity contribution in [3.63, 3.8) is 0 Å². The monoisotopic (exact) mass is 365 g/mol. The molecule has 27 heavy (non-hydrogen) atoms. The van der Waals surface area contributed by atoms with Crippen LogP contribution in [0.2, 0.25) is 0 Å². The van der Waals surface area contributed by atoms with Crippen molar-refractivity contribution in [2.75, 3.05) is 0 Å². The number of fused-ring (bicyclic) bond motifs is 1. The van der Waals surface area contributed by atoms with E-state index in [2.05, 4.69) is 36.2 Å². The van der Waals surface area contributed by atoms with Crippen LogP contribution in [0.4, 0.5) is 0 Å². The van der Waals surface area contributed by atoms with Crippen LogP contribution in [0.25, 0.3) is 16.7 Å². The Labute approximate surface area is 162 Å². The molecule has 0 aliphatic heterocycles. The number of phenols is 1. The second-order valence-corrected chi connectivity index (χ2v) is 7.36. The van der Waals surface area contributed by atoms with Crippen LogP contribution in [-0.4, -0.2) is 20.1 Å². The molecule has 3 rings (SSSR count). The summed E-state index contributed by atoms with van der Waals surface area (Å²) in [6.45, 7) is 4.38. The van der Waals surface area contributed by atoms with Gasteiger partial charge in [0.05, 0.1) is 0 Å². The van der Waals surface area contributed by atoms with Crippen LogP contribution in [0.1, 0.15) is 69.9 Å². The number of hydrogen-bond acceptors (Lipinski definition) is 3. The lowest BCUT2D eigenvalue weighted by Crippen LogP contribution is -2.00. The topological polar surface area (TPSA) is 50.9 Å². The Morgan fingerprint density at radius 3 is 2.26 bits per heavy atom. The zero-order valence-corrected chi connectivity index (χ0v) is 16.6. The predicted molar refractivity (Wildman–Crippen MR) is 112 cm³/mol. The largest absolute Gasteiger partial charge is 0.506 e. The molecule has 0 spiro atoms. The summed E-state index contributed by atoms with van der Waals surface area (Å²) in [6.07, 6.45) is 11.1. The molecular weight excluding hydrogens is 334 g/mol. The van der Waals surface area contributed by atoms with Gasteiger partial charge in [-0.1, -0.05) is 64.5 Å². The minimum absolute atomic E-state index is 0.217. The van der Waals surface area contributed by atoms with E-state index < -0.39 is 0 Å². The van der Waals surface area contributed by atoms with E-state index in [-0.39, 0.29) is 5.75 Å². The smallest absolute Gasteiger partial charge is 0.143 e. The van der Waals surface area contributed by atoms with Gasteiger partial charge in [-0.25, -0.2) is 0 Å². The fourth-order valence-electron chi connectivity index (χ4n) is 3.46. The van der Waals surface area contributed by atoms with Crippen LogP contribution in [0.5, 0.6) is 5.75 Å². The second-order valence-electron chi connectivity index (χ2n) is 7.36. The highest BCUT2D eigenvalue weighted by Crippen LogP contribution is 2.24. The molecule has 4 heteroatoms. The van der Waals surface area contributed by atoms with E-state index in [4.69, 9.17) is 0 Å². The molecule has 0 atom stereocenters. The molecule has 0 saturated heterocycles. The molecule has 3 aromatic rings. The standard InChI is InChI=1S/C23H31N3O/c1-3-5-6-7-8-9-10-11-19-13-15-23(27)22(17-19)26-24-20-14-12-18(4-2)16-21(20)25-26/h12-17,27H,3-11H2,1-2H3. The number of phenolic OH excluding ortho intramolecular Hbond substituents is 1. The molecule has 2 aromatic carbocycles. The Kier molecular flexibility index (Phi) is 6.86. The Bertz CT molecular complexity index is 869. The normalized spacial score (nSPS) is 11.3. The van der Waals surface area contributed by atoms with E-state index in [1.54, 1.807) is 10.9 Å². The first kappa shape index (κ1) is 19.4. The van der Waals surface area contributed by atoms with Crippen molar-refractivity contribution >= 4 is 11.0 Å². The highest BCUT2D eigenvalue weighted by Gasteiger charge is 2.10. The van der Waals surface area contributed by atoms with E-state index >= 15 is 0 Å². The number of rotatable bonds is 10. The first-order chi connectivity index (χ1) is 13.2. The summed E-state index contributed by atoms with van der Waals surface area (Å²) in [5, 5.41) is 19.4. The summed E-state index contributed by atoms with van der Waals surface area (Å²) in [6, 6.07) is 11.9. The predicted octanol–water partition coefficient (Wildman–Crippen LogP) is 5.98. The number of aryl methyl sites for hydroxylation is 2. The molecule has 1 aromatic heterocycles. The lowest BCUT2D eigenvalue weighted by Gasteiger charge is -2.07. The van der Waals surface area contributed by atoms with Crippen LogP contribution in [0, 0.1) is 0 Å². The maximum absolute atomic E-state index is 10.3. The minimum atomic E-state index is 0.217. The summed E-state index contributed by atoms with van der Waals surface area (Å²) in [7, 11) is 0. The van der Waals surface area contributed by atoms with Gasteiger partial charge in [-0.05, 0) is 54.7 Å². The van der Waals surface area contributed by atoms with Gasteiger partial charge in [0.15, 0.2) is 0 Å². The lowest BCUT2D eigenvalue weighted by molar-refractivity contribution is 0.467. The van der Waals surface area contributed by atoms with Crippen molar-refractivity contribution in [1.29, 1.82) is 0 Å². The third-order valence-corrected chi connectivity index (χ3v) is 5.18. The molecule has 0 saturated carbocycles. The van der Waals surface area contributed by atoms with Crippen LogP contribution < -0.4 is 0 Å². The van der Waals surface area contributed by atoms with Crippen molar-refractivity contribution in [1.82, 2.24) is 15.0 Å². The van der Waals surface area contributed by atoms with E-state index in [0.717, 1.165) is 23.9 Å². The molecule has 1 N–H and O–H groups in total. The Morgan fingerprint density at radius 1 is 0.778 bits per heavy atom. The number of benzene rings is 2. The van der Waals surface area contributed by atoms with E-state index in [1.165, 1.54) is 56.1 Å². The van der Waals surface area contributed by atoms with E-state index in [1.807, 2.05) is 18.2 Å². The number of nitrogens with zero attached hydrogens (tertiary/aromatic N) is 3. The molecule has 0 aliphatic rings. The Balaban J connectivity index is 1.66. The molecule has 0 radical (unpaired) electrons. The second kappa shape index (κ2) is 9.54. The molecule has 0 fully saturated rings. The minimum Gasteiger partial charge on any atom is -0.506 e. The molecule has 0 bridgehead atoms. The number of hydrogen-bond donors (Lipinski definition) is 1. The Morgan fingerprint density at radius 2 is 1.48 bits per heavy atom.